The molecule has 0 amide bonds. The molecule has 1 unspecified atom stereocenters. The van der Waals surface area contributed by atoms with Crippen molar-refractivity contribution in [2.45, 2.75) is 33.8 Å². The lowest BCUT2D eigenvalue weighted by Gasteiger charge is -2.10. The van der Waals surface area contributed by atoms with Crippen molar-refractivity contribution in [3.05, 3.63) is 28.4 Å². The molecule has 0 aliphatic heterocycles. The van der Waals surface area contributed by atoms with E-state index in [1.165, 1.54) is 6.42 Å². The molecule has 0 aromatic heterocycles. The molecule has 0 rings (SSSR count). The van der Waals surface area contributed by atoms with Gasteiger partial charge in [-0.3, -0.25) is 0 Å². The summed E-state index contributed by atoms with van der Waals surface area (Å²) in [5.41, 5.74) is 1.59. The molecule has 0 bridgehead atoms. The molecule has 0 fully saturated rings. The van der Waals surface area contributed by atoms with Crippen LogP contribution in [0.3, 0.4) is 0 Å². The molecule has 0 saturated heterocycles. The monoisotopic (exact) mass is 203 g/mol. The second-order valence-corrected chi connectivity index (χ2v) is 3.75. The van der Waals surface area contributed by atoms with E-state index in [0.29, 0.717) is 5.03 Å². The fraction of sp³-hybridized carbons (Fsp3) is 0.500. The average molecular weight is 204 g/mol. The zero-order valence-electron chi connectivity index (χ0n) is 8.43. The van der Waals surface area contributed by atoms with Crippen LogP contribution in [-0.4, -0.2) is 16.3 Å². The van der Waals surface area contributed by atoms with Crippen molar-refractivity contribution in [3.63, 3.8) is 0 Å². The van der Waals surface area contributed by atoms with E-state index in [1.807, 2.05) is 0 Å². The van der Waals surface area contributed by atoms with Gasteiger partial charge < -0.3 is 10.2 Å². The van der Waals surface area contributed by atoms with E-state index >= 15 is 0 Å². The molecule has 2 nitrogen and oxygen atoms in total. The van der Waals surface area contributed by atoms with E-state index in [9.17, 15) is 10.2 Å². The van der Waals surface area contributed by atoms with Crippen molar-refractivity contribution in [1.29, 1.82) is 0 Å². The van der Waals surface area contributed by atoms with Gasteiger partial charge in [-0.2, -0.15) is 0 Å². The number of allylic oxidation sites excluding steroid dienone is 2. The van der Waals surface area contributed by atoms with Gasteiger partial charge in [-0.15, -0.1) is 0 Å². The molecule has 13 heavy (non-hydrogen) atoms. The summed E-state index contributed by atoms with van der Waals surface area (Å²) in [7, 11) is 0. The highest BCUT2D eigenvalue weighted by Crippen LogP contribution is 2.18. The molecule has 0 aromatic carbocycles. The third kappa shape index (κ3) is 4.34. The Balaban J connectivity index is 4.42. The number of hydrogen-bond acceptors (Lipinski definition) is 2. The third-order valence-electron chi connectivity index (χ3n) is 1.57. The molecule has 0 heterocycles. The first kappa shape index (κ1) is 12.5. The highest BCUT2D eigenvalue weighted by Gasteiger charge is 2.13. The van der Waals surface area contributed by atoms with Crippen LogP contribution in [0.5, 0.6) is 0 Å². The number of rotatable bonds is 3. The number of aliphatic hydroxyl groups excluding tert-OH is 2. The summed E-state index contributed by atoms with van der Waals surface area (Å²) in [4.78, 5) is 0. The lowest BCUT2D eigenvalue weighted by molar-refractivity contribution is 0.239. The Kier molecular flexibility index (Phi) is 5.11. The first-order valence-corrected chi connectivity index (χ1v) is 4.46. The van der Waals surface area contributed by atoms with Crippen LogP contribution in [0.4, 0.5) is 0 Å². The Labute approximate surface area is 84.5 Å². The Hall–Kier alpha value is -0.470. The third-order valence-corrected chi connectivity index (χ3v) is 2.17. The lowest BCUT2D eigenvalue weighted by Crippen LogP contribution is -2.10. The van der Waals surface area contributed by atoms with Gasteiger partial charge in [0.15, 0.2) is 0 Å². The highest BCUT2D eigenvalue weighted by atomic mass is 35.5. The van der Waals surface area contributed by atoms with E-state index in [0.717, 1.165) is 11.1 Å². The molecule has 0 saturated carbocycles. The van der Waals surface area contributed by atoms with Gasteiger partial charge in [-0.1, -0.05) is 17.2 Å². The minimum Gasteiger partial charge on any atom is -0.512 e. The minimum absolute atomic E-state index is 0.0758. The van der Waals surface area contributed by atoms with Crippen molar-refractivity contribution < 1.29 is 10.2 Å². The standard InChI is InChI=1S/C10H16ClO2/c1-6(2)8(12)5-9(13)10(11)7(3)4/h5,9,12-13H,1-4H3. The normalized spacial score (nSPS) is 12.2. The van der Waals surface area contributed by atoms with E-state index in [-0.39, 0.29) is 5.76 Å². The lowest BCUT2D eigenvalue weighted by atomic mass is 10.1. The van der Waals surface area contributed by atoms with Gasteiger partial charge in [0, 0.05) is 5.03 Å². The van der Waals surface area contributed by atoms with Crippen LogP contribution < -0.4 is 0 Å². The van der Waals surface area contributed by atoms with Crippen molar-refractivity contribution in [2.75, 3.05) is 0 Å². The molecule has 0 aromatic rings. The Morgan fingerprint density at radius 1 is 1.15 bits per heavy atom. The van der Waals surface area contributed by atoms with E-state index in [1.54, 1.807) is 27.7 Å². The molecular weight excluding hydrogens is 188 g/mol. The second kappa shape index (κ2) is 5.30. The second-order valence-electron chi connectivity index (χ2n) is 3.34. The summed E-state index contributed by atoms with van der Waals surface area (Å²) in [6.07, 6.45) is 0.409. The van der Waals surface area contributed by atoms with E-state index < -0.39 is 6.10 Å². The number of aliphatic hydroxyl groups is 2. The van der Waals surface area contributed by atoms with Crippen LogP contribution >= 0.6 is 11.6 Å². The molecule has 1 atom stereocenters. The molecule has 0 spiro atoms. The van der Waals surface area contributed by atoms with Crippen LogP contribution in [0.15, 0.2) is 21.9 Å². The topological polar surface area (TPSA) is 40.5 Å². The maximum absolute atomic E-state index is 9.47. The van der Waals surface area contributed by atoms with Gasteiger partial charge in [0.1, 0.15) is 6.10 Å². The summed E-state index contributed by atoms with van der Waals surface area (Å²) in [6.45, 7) is 7.13. The predicted molar refractivity (Wildman–Crippen MR) is 55.5 cm³/mol. The van der Waals surface area contributed by atoms with Gasteiger partial charge >= 0.3 is 0 Å². The maximum atomic E-state index is 9.47. The SMILES string of the molecule is CC(C)=C(O)[CH]C(O)C(Cl)=C(C)C. The highest BCUT2D eigenvalue weighted by molar-refractivity contribution is 6.30. The fourth-order valence-electron chi connectivity index (χ4n) is 0.685. The van der Waals surface area contributed by atoms with Gasteiger partial charge in [0.2, 0.25) is 0 Å². The minimum atomic E-state index is -0.915. The van der Waals surface area contributed by atoms with Crippen LogP contribution in [-0.2, 0) is 0 Å². The smallest absolute Gasteiger partial charge is 0.100 e. The van der Waals surface area contributed by atoms with Crippen LogP contribution in [0.25, 0.3) is 0 Å². The van der Waals surface area contributed by atoms with Crippen molar-refractivity contribution in [3.8, 4) is 0 Å². The van der Waals surface area contributed by atoms with Crippen molar-refractivity contribution in [1.82, 2.24) is 0 Å². The zero-order valence-corrected chi connectivity index (χ0v) is 9.18. The maximum Gasteiger partial charge on any atom is 0.100 e. The van der Waals surface area contributed by atoms with Crippen molar-refractivity contribution >= 4 is 11.6 Å². The van der Waals surface area contributed by atoms with E-state index in [2.05, 4.69) is 0 Å². The number of hydrogen-bond donors (Lipinski definition) is 2. The Morgan fingerprint density at radius 2 is 1.62 bits per heavy atom. The van der Waals surface area contributed by atoms with Crippen LogP contribution in [0.2, 0.25) is 0 Å². The average Bonchev–Trinajstić information content (AvgIpc) is 2.02. The van der Waals surface area contributed by atoms with Crippen molar-refractivity contribution in [2.24, 2.45) is 0 Å². The van der Waals surface area contributed by atoms with E-state index in [4.69, 9.17) is 11.6 Å². The van der Waals surface area contributed by atoms with Gasteiger partial charge in [0.25, 0.3) is 0 Å². The summed E-state index contributed by atoms with van der Waals surface area (Å²) in [5.74, 6) is 0.0758. The molecule has 0 aliphatic carbocycles. The first-order valence-electron chi connectivity index (χ1n) is 4.08. The van der Waals surface area contributed by atoms with Gasteiger partial charge in [-0.05, 0) is 33.3 Å². The largest absolute Gasteiger partial charge is 0.512 e. The zero-order chi connectivity index (χ0) is 10.6. The van der Waals surface area contributed by atoms with Gasteiger partial charge in [-0.25, -0.2) is 0 Å². The molecule has 2 N–H and O–H groups in total. The summed E-state index contributed by atoms with van der Waals surface area (Å²) in [5, 5.41) is 19.1. The fourth-order valence-corrected chi connectivity index (χ4v) is 0.748. The number of halogens is 1. The van der Waals surface area contributed by atoms with Crippen LogP contribution in [0, 0.1) is 6.42 Å². The van der Waals surface area contributed by atoms with Crippen LogP contribution in [0.1, 0.15) is 27.7 Å². The van der Waals surface area contributed by atoms with Gasteiger partial charge in [0.05, 0.1) is 12.2 Å². The predicted octanol–water partition coefficient (Wildman–Crippen LogP) is 2.94. The Morgan fingerprint density at radius 3 is 1.92 bits per heavy atom. The molecule has 1 radical (unpaired) electrons. The molecule has 75 valence electrons. The summed E-state index contributed by atoms with van der Waals surface area (Å²) < 4.78 is 0. The molecule has 3 heteroatoms. The summed E-state index contributed by atoms with van der Waals surface area (Å²) >= 11 is 5.78. The molecule has 0 aliphatic rings. The quantitative estimate of drug-likeness (QED) is 0.693. The molecular formula is C10H16ClO2. The first-order chi connectivity index (χ1) is 5.86. The Bertz CT molecular complexity index is 233. The summed E-state index contributed by atoms with van der Waals surface area (Å²) in [6, 6.07) is 0.